The number of methoxy groups -OCH3 is 2. The van der Waals surface area contributed by atoms with Crippen molar-refractivity contribution in [1.82, 2.24) is 20.0 Å². The number of hydrogen-bond donors (Lipinski definition) is 0. The minimum absolute atomic E-state index is 0.0833. The number of anilines is 1. The molecule has 1 aliphatic rings. The van der Waals surface area contributed by atoms with Crippen LogP contribution in [0, 0.1) is 0 Å². The number of furan rings is 2. The number of amides is 2. The molecule has 1 aromatic carbocycles. The van der Waals surface area contributed by atoms with Crippen LogP contribution in [0.5, 0.6) is 11.5 Å². The molecule has 1 saturated heterocycles. The van der Waals surface area contributed by atoms with Gasteiger partial charge in [0.15, 0.2) is 23.1 Å². The van der Waals surface area contributed by atoms with E-state index in [0.29, 0.717) is 49.1 Å². The van der Waals surface area contributed by atoms with Gasteiger partial charge in [0.1, 0.15) is 12.3 Å². The minimum atomic E-state index is -0.367. The predicted octanol–water partition coefficient (Wildman–Crippen LogP) is 3.34. The van der Waals surface area contributed by atoms with Gasteiger partial charge < -0.3 is 33.0 Å². The summed E-state index contributed by atoms with van der Waals surface area (Å²) < 4.78 is 21.3. The second-order valence-electron chi connectivity index (χ2n) is 8.93. The zero-order valence-electron chi connectivity index (χ0n) is 21.8. The quantitative estimate of drug-likeness (QED) is 0.321. The topological polar surface area (TPSA) is 114 Å². The van der Waals surface area contributed by atoms with E-state index in [4.69, 9.17) is 18.3 Å². The zero-order chi connectivity index (χ0) is 27.2. The Balaban J connectivity index is 1.19. The average Bonchev–Trinajstić information content (AvgIpc) is 3.71. The van der Waals surface area contributed by atoms with E-state index in [-0.39, 0.29) is 30.7 Å². The number of nitrogens with zero attached hydrogens (tertiary/aromatic N) is 5. The molecule has 4 heterocycles. The van der Waals surface area contributed by atoms with E-state index in [1.165, 1.54) is 17.4 Å². The third kappa shape index (κ3) is 5.87. The van der Waals surface area contributed by atoms with Crippen molar-refractivity contribution in [2.75, 3.05) is 51.8 Å². The summed E-state index contributed by atoms with van der Waals surface area (Å²) in [6.07, 6.45) is 2.97. The Hall–Kier alpha value is -4.80. The average molecular weight is 532 g/mol. The molecule has 39 heavy (non-hydrogen) atoms. The van der Waals surface area contributed by atoms with Crippen LogP contribution in [0.15, 0.2) is 76.0 Å². The van der Waals surface area contributed by atoms with E-state index in [2.05, 4.69) is 15.1 Å². The van der Waals surface area contributed by atoms with E-state index >= 15 is 0 Å². The van der Waals surface area contributed by atoms with E-state index in [0.717, 1.165) is 11.4 Å². The first-order valence-electron chi connectivity index (χ1n) is 12.5. The molecule has 1 fully saturated rings. The van der Waals surface area contributed by atoms with Crippen molar-refractivity contribution >= 4 is 17.6 Å². The van der Waals surface area contributed by atoms with Crippen molar-refractivity contribution in [2.45, 2.75) is 6.54 Å². The third-order valence-electron chi connectivity index (χ3n) is 6.56. The lowest BCUT2D eigenvalue weighted by molar-refractivity contribution is -0.132. The fraction of sp³-hybridized carbons (Fsp3) is 0.286. The molecule has 0 N–H and O–H groups in total. The van der Waals surface area contributed by atoms with Gasteiger partial charge in [0.05, 0.1) is 39.0 Å². The highest BCUT2D eigenvalue weighted by molar-refractivity contribution is 5.94. The molecule has 0 bridgehead atoms. The fourth-order valence-corrected chi connectivity index (χ4v) is 4.44. The first-order chi connectivity index (χ1) is 19.1. The van der Waals surface area contributed by atoms with E-state index < -0.39 is 0 Å². The number of piperazine rings is 1. The first kappa shape index (κ1) is 25.8. The molecule has 202 valence electrons. The Bertz CT molecular complexity index is 1380. The van der Waals surface area contributed by atoms with Crippen molar-refractivity contribution in [2.24, 2.45) is 0 Å². The van der Waals surface area contributed by atoms with Crippen LogP contribution in [0.3, 0.4) is 0 Å². The molecule has 1 aliphatic heterocycles. The Morgan fingerprint density at radius 3 is 2.31 bits per heavy atom. The van der Waals surface area contributed by atoms with Gasteiger partial charge in [0.25, 0.3) is 5.91 Å². The molecule has 0 saturated carbocycles. The van der Waals surface area contributed by atoms with Crippen LogP contribution in [0.25, 0.3) is 11.3 Å². The Morgan fingerprint density at radius 2 is 1.67 bits per heavy atom. The zero-order valence-corrected chi connectivity index (χ0v) is 21.8. The summed E-state index contributed by atoms with van der Waals surface area (Å²) in [6, 6.07) is 16.2. The number of carbonyl (C=O) groups is 2. The highest BCUT2D eigenvalue weighted by Crippen LogP contribution is 2.31. The summed E-state index contributed by atoms with van der Waals surface area (Å²) >= 11 is 0. The van der Waals surface area contributed by atoms with Crippen molar-refractivity contribution in [1.29, 1.82) is 0 Å². The van der Waals surface area contributed by atoms with Gasteiger partial charge in [-0.2, -0.15) is 0 Å². The summed E-state index contributed by atoms with van der Waals surface area (Å²) in [7, 11) is 3.19. The summed E-state index contributed by atoms with van der Waals surface area (Å²) in [5.74, 6) is 2.25. The number of hydrogen-bond acceptors (Lipinski definition) is 9. The van der Waals surface area contributed by atoms with Gasteiger partial charge in [0, 0.05) is 31.7 Å². The SMILES string of the molecule is COc1ccc(-c2ccc(N3CCN(C(=O)CN(Cc4ccco4)C(=O)c4ccco4)CC3)nn2)cc1OC. The Morgan fingerprint density at radius 1 is 0.897 bits per heavy atom. The number of rotatable bonds is 9. The smallest absolute Gasteiger partial charge is 0.290 e. The number of ether oxygens (including phenoxy) is 2. The van der Waals surface area contributed by atoms with Gasteiger partial charge in [-0.3, -0.25) is 9.59 Å². The van der Waals surface area contributed by atoms with Crippen LogP contribution in [-0.2, 0) is 11.3 Å². The van der Waals surface area contributed by atoms with Crippen LogP contribution < -0.4 is 14.4 Å². The summed E-state index contributed by atoms with van der Waals surface area (Å²) in [5.41, 5.74) is 1.58. The van der Waals surface area contributed by atoms with Crippen LogP contribution in [0.4, 0.5) is 5.82 Å². The molecule has 4 aromatic rings. The molecule has 0 spiro atoms. The Labute approximate surface area is 225 Å². The van der Waals surface area contributed by atoms with Crippen LogP contribution >= 0.6 is 0 Å². The standard InChI is InChI=1S/C28H29N5O6/c1-36-23-9-7-20(17-25(23)37-2)22-8-10-26(30-29-22)31-11-13-32(14-12-31)27(34)19-33(18-21-5-3-15-38-21)28(35)24-6-4-16-39-24/h3-10,15-17H,11-14,18-19H2,1-2H3. The fourth-order valence-electron chi connectivity index (χ4n) is 4.44. The van der Waals surface area contributed by atoms with Gasteiger partial charge in [-0.25, -0.2) is 0 Å². The molecular weight excluding hydrogens is 502 g/mol. The molecule has 11 nitrogen and oxygen atoms in total. The van der Waals surface area contributed by atoms with Gasteiger partial charge in [-0.05, 0) is 54.6 Å². The highest BCUT2D eigenvalue weighted by atomic mass is 16.5. The van der Waals surface area contributed by atoms with Crippen molar-refractivity contribution in [3.63, 3.8) is 0 Å². The maximum absolute atomic E-state index is 13.2. The number of carbonyl (C=O) groups excluding carboxylic acids is 2. The van der Waals surface area contributed by atoms with Crippen molar-refractivity contribution in [3.05, 3.63) is 78.6 Å². The Kier molecular flexibility index (Phi) is 7.76. The molecule has 2 amide bonds. The van der Waals surface area contributed by atoms with E-state index in [1.807, 2.05) is 30.3 Å². The lowest BCUT2D eigenvalue weighted by atomic mass is 10.1. The van der Waals surface area contributed by atoms with Crippen LogP contribution in [0.1, 0.15) is 16.3 Å². The monoisotopic (exact) mass is 531 g/mol. The maximum Gasteiger partial charge on any atom is 0.290 e. The van der Waals surface area contributed by atoms with Crippen LogP contribution in [0.2, 0.25) is 0 Å². The van der Waals surface area contributed by atoms with Crippen LogP contribution in [-0.4, -0.2) is 78.8 Å². The molecule has 0 aliphatic carbocycles. The van der Waals surface area contributed by atoms with Crippen molar-refractivity contribution < 1.29 is 27.9 Å². The van der Waals surface area contributed by atoms with Gasteiger partial charge in [-0.1, -0.05) is 0 Å². The first-order valence-corrected chi connectivity index (χ1v) is 12.5. The number of aromatic nitrogens is 2. The molecule has 0 unspecified atom stereocenters. The summed E-state index contributed by atoms with van der Waals surface area (Å²) in [5, 5.41) is 8.81. The summed E-state index contributed by atoms with van der Waals surface area (Å²) in [4.78, 5) is 31.4. The van der Waals surface area contributed by atoms with E-state index in [9.17, 15) is 9.59 Å². The maximum atomic E-state index is 13.2. The highest BCUT2D eigenvalue weighted by Gasteiger charge is 2.27. The lowest BCUT2D eigenvalue weighted by Gasteiger charge is -2.36. The van der Waals surface area contributed by atoms with Gasteiger partial charge in [-0.15, -0.1) is 10.2 Å². The molecule has 0 atom stereocenters. The molecule has 0 radical (unpaired) electrons. The number of benzene rings is 1. The molecule has 11 heteroatoms. The van der Waals surface area contributed by atoms with E-state index in [1.54, 1.807) is 43.4 Å². The normalized spacial score (nSPS) is 13.3. The largest absolute Gasteiger partial charge is 0.493 e. The third-order valence-corrected chi connectivity index (χ3v) is 6.56. The van der Waals surface area contributed by atoms with Crippen molar-refractivity contribution in [3.8, 4) is 22.8 Å². The predicted molar refractivity (Wildman–Crippen MR) is 142 cm³/mol. The van der Waals surface area contributed by atoms with Gasteiger partial charge >= 0.3 is 0 Å². The lowest BCUT2D eigenvalue weighted by Crippen LogP contribution is -2.52. The second kappa shape index (κ2) is 11.7. The molecular formula is C28H29N5O6. The summed E-state index contributed by atoms with van der Waals surface area (Å²) in [6.45, 7) is 2.28. The van der Waals surface area contributed by atoms with Gasteiger partial charge in [0.2, 0.25) is 5.91 Å². The minimum Gasteiger partial charge on any atom is -0.493 e. The second-order valence-corrected chi connectivity index (χ2v) is 8.93. The molecule has 5 rings (SSSR count). The molecule has 3 aromatic heterocycles.